The number of thiophene rings is 1. The number of hydrogen-bond donors (Lipinski definition) is 1. The largest absolute Gasteiger partial charge is 0.269 e. The summed E-state index contributed by atoms with van der Waals surface area (Å²) in [7, 11) is 0. The van der Waals surface area contributed by atoms with E-state index in [4.69, 9.17) is 0 Å². The zero-order chi connectivity index (χ0) is 18.1. The first-order chi connectivity index (χ1) is 12.6. The number of nitro groups is 1. The number of aryl methyl sites for hydroxylation is 2. The van der Waals surface area contributed by atoms with Gasteiger partial charge in [0.25, 0.3) is 5.69 Å². The van der Waals surface area contributed by atoms with Crippen molar-refractivity contribution in [3.8, 4) is 0 Å². The third kappa shape index (κ3) is 3.03. The summed E-state index contributed by atoms with van der Waals surface area (Å²) in [6, 6.07) is 6.35. The minimum atomic E-state index is -0.411. The van der Waals surface area contributed by atoms with Crippen LogP contribution in [-0.2, 0) is 12.8 Å². The normalized spacial score (nSPS) is 14.3. The van der Waals surface area contributed by atoms with Gasteiger partial charge in [-0.25, -0.2) is 9.97 Å². The molecule has 132 valence electrons. The molecule has 1 N–H and O–H groups in total. The first kappa shape index (κ1) is 16.6. The van der Waals surface area contributed by atoms with Gasteiger partial charge in [0, 0.05) is 17.0 Å². The maximum atomic E-state index is 10.8. The Balaban J connectivity index is 1.63. The molecule has 7 nitrogen and oxygen atoms in total. The number of anilines is 1. The molecule has 0 bridgehead atoms. The molecule has 4 rings (SSSR count). The number of nitrogens with one attached hydrogen (secondary N) is 1. The number of nitrogens with zero attached hydrogens (tertiary/aromatic N) is 4. The Labute approximate surface area is 154 Å². The molecule has 0 fully saturated rings. The van der Waals surface area contributed by atoms with E-state index >= 15 is 0 Å². The lowest BCUT2D eigenvalue weighted by Gasteiger charge is -2.11. The van der Waals surface area contributed by atoms with Crippen LogP contribution < -0.4 is 5.43 Å². The molecule has 1 aliphatic carbocycles. The quantitative estimate of drug-likeness (QED) is 0.421. The van der Waals surface area contributed by atoms with Crippen molar-refractivity contribution in [3.05, 3.63) is 56.7 Å². The van der Waals surface area contributed by atoms with Crippen molar-refractivity contribution in [2.24, 2.45) is 5.10 Å². The van der Waals surface area contributed by atoms with Gasteiger partial charge in [-0.3, -0.25) is 15.5 Å². The summed E-state index contributed by atoms with van der Waals surface area (Å²) in [5.74, 6) is 0.718. The van der Waals surface area contributed by atoms with Gasteiger partial charge in [0.15, 0.2) is 5.82 Å². The lowest BCUT2D eigenvalue weighted by Crippen LogP contribution is -2.03. The fourth-order valence-electron chi connectivity index (χ4n) is 3.20. The zero-order valence-corrected chi connectivity index (χ0v) is 15.0. The maximum absolute atomic E-state index is 10.8. The molecule has 8 heteroatoms. The van der Waals surface area contributed by atoms with Crippen LogP contribution in [-0.4, -0.2) is 20.6 Å². The molecular formula is C18H17N5O2S. The van der Waals surface area contributed by atoms with Crippen LogP contribution in [0.15, 0.2) is 35.7 Å². The Morgan fingerprint density at radius 2 is 2.00 bits per heavy atom. The van der Waals surface area contributed by atoms with Crippen molar-refractivity contribution in [1.82, 2.24) is 9.97 Å². The maximum Gasteiger partial charge on any atom is 0.269 e. The van der Waals surface area contributed by atoms with E-state index < -0.39 is 4.92 Å². The van der Waals surface area contributed by atoms with Crippen LogP contribution in [0.3, 0.4) is 0 Å². The molecule has 2 heterocycles. The molecule has 0 spiro atoms. The number of non-ortho nitro benzene ring substituents is 1. The average molecular weight is 367 g/mol. The molecule has 0 atom stereocenters. The molecule has 0 radical (unpaired) electrons. The van der Waals surface area contributed by atoms with Crippen molar-refractivity contribution in [1.29, 1.82) is 0 Å². The Hall–Kier alpha value is -2.87. The standard InChI is InChI=1S/C18H17N5O2S/c1-11(12-6-8-13(9-7-12)23(24)25)21-22-17-16-14-4-2-3-5-15(14)26-18(16)20-10-19-17/h6-10H,2-5H2,1H3,(H,19,20,22)/b21-11+. The van der Waals surface area contributed by atoms with Crippen LogP contribution >= 0.6 is 11.3 Å². The Morgan fingerprint density at radius 1 is 1.23 bits per heavy atom. The first-order valence-corrected chi connectivity index (χ1v) is 9.25. The number of hydrogen-bond acceptors (Lipinski definition) is 7. The van der Waals surface area contributed by atoms with Gasteiger partial charge in [0.2, 0.25) is 0 Å². The van der Waals surface area contributed by atoms with E-state index in [0.29, 0.717) is 0 Å². The van der Waals surface area contributed by atoms with Crippen molar-refractivity contribution in [2.45, 2.75) is 32.6 Å². The van der Waals surface area contributed by atoms with Gasteiger partial charge >= 0.3 is 0 Å². The second-order valence-electron chi connectivity index (χ2n) is 6.23. The monoisotopic (exact) mass is 367 g/mol. The average Bonchev–Trinajstić information content (AvgIpc) is 3.05. The van der Waals surface area contributed by atoms with Crippen molar-refractivity contribution in [3.63, 3.8) is 0 Å². The van der Waals surface area contributed by atoms with E-state index in [0.717, 1.165) is 40.2 Å². The highest BCUT2D eigenvalue weighted by molar-refractivity contribution is 7.19. The highest BCUT2D eigenvalue weighted by Gasteiger charge is 2.19. The second kappa shape index (κ2) is 6.80. The molecule has 0 saturated heterocycles. The smallest absolute Gasteiger partial charge is 0.260 e. The van der Waals surface area contributed by atoms with Crippen molar-refractivity contribution >= 4 is 38.8 Å². The highest BCUT2D eigenvalue weighted by Crippen LogP contribution is 2.38. The van der Waals surface area contributed by atoms with Gasteiger partial charge < -0.3 is 0 Å². The minimum Gasteiger partial charge on any atom is -0.260 e. The van der Waals surface area contributed by atoms with E-state index in [1.165, 1.54) is 35.4 Å². The molecular weight excluding hydrogens is 350 g/mol. The van der Waals surface area contributed by atoms with E-state index in [1.54, 1.807) is 29.8 Å². The number of fused-ring (bicyclic) bond motifs is 3. The highest BCUT2D eigenvalue weighted by atomic mass is 32.1. The van der Waals surface area contributed by atoms with Gasteiger partial charge in [-0.15, -0.1) is 11.3 Å². The third-order valence-corrected chi connectivity index (χ3v) is 5.78. The molecule has 26 heavy (non-hydrogen) atoms. The fourth-order valence-corrected chi connectivity index (χ4v) is 4.43. The number of rotatable bonds is 4. The van der Waals surface area contributed by atoms with Gasteiger partial charge in [0.1, 0.15) is 11.2 Å². The molecule has 0 amide bonds. The Kier molecular flexibility index (Phi) is 4.34. The van der Waals surface area contributed by atoms with E-state index in [9.17, 15) is 10.1 Å². The lowest BCUT2D eigenvalue weighted by molar-refractivity contribution is -0.384. The number of benzene rings is 1. The van der Waals surface area contributed by atoms with Gasteiger partial charge in [0.05, 0.1) is 16.0 Å². The van der Waals surface area contributed by atoms with Gasteiger partial charge in [-0.2, -0.15) is 5.10 Å². The van der Waals surface area contributed by atoms with Crippen molar-refractivity contribution in [2.75, 3.05) is 5.43 Å². The van der Waals surface area contributed by atoms with E-state index in [1.807, 2.05) is 6.92 Å². The summed E-state index contributed by atoms with van der Waals surface area (Å²) in [5.41, 5.74) is 6.04. The predicted molar refractivity (Wildman–Crippen MR) is 103 cm³/mol. The molecule has 0 aliphatic heterocycles. The Morgan fingerprint density at radius 3 is 2.77 bits per heavy atom. The minimum absolute atomic E-state index is 0.0666. The molecule has 1 aromatic carbocycles. The van der Waals surface area contributed by atoms with Gasteiger partial charge in [-0.05, 0) is 55.9 Å². The zero-order valence-electron chi connectivity index (χ0n) is 14.2. The number of hydrazone groups is 1. The van der Waals surface area contributed by atoms with Crippen LogP contribution in [0.25, 0.3) is 10.2 Å². The summed E-state index contributed by atoms with van der Waals surface area (Å²) >= 11 is 1.75. The Bertz CT molecular complexity index is 1010. The second-order valence-corrected chi connectivity index (χ2v) is 7.31. The summed E-state index contributed by atoms with van der Waals surface area (Å²) in [5, 5.41) is 16.3. The molecule has 0 unspecified atom stereocenters. The van der Waals surface area contributed by atoms with Crippen LogP contribution in [0.1, 0.15) is 35.8 Å². The summed E-state index contributed by atoms with van der Waals surface area (Å²) in [6.45, 7) is 1.86. The molecule has 0 saturated carbocycles. The third-order valence-electron chi connectivity index (χ3n) is 4.58. The van der Waals surface area contributed by atoms with Crippen molar-refractivity contribution < 1.29 is 4.92 Å². The van der Waals surface area contributed by atoms with Crippen LogP contribution in [0, 0.1) is 10.1 Å². The molecule has 2 aromatic heterocycles. The van der Waals surface area contributed by atoms with Crippen LogP contribution in [0.2, 0.25) is 0 Å². The topological polar surface area (TPSA) is 93.3 Å². The van der Waals surface area contributed by atoms with Crippen LogP contribution in [0.5, 0.6) is 0 Å². The number of aromatic nitrogens is 2. The van der Waals surface area contributed by atoms with E-state index in [2.05, 4.69) is 20.5 Å². The molecule has 3 aromatic rings. The van der Waals surface area contributed by atoms with Gasteiger partial charge in [-0.1, -0.05) is 0 Å². The first-order valence-electron chi connectivity index (χ1n) is 8.44. The summed E-state index contributed by atoms with van der Waals surface area (Å²) in [4.78, 5) is 21.5. The SMILES string of the molecule is C/C(=N\Nc1ncnc2sc3c(c12)CCCC3)c1ccc([N+](=O)[O-])cc1. The van der Waals surface area contributed by atoms with E-state index in [-0.39, 0.29) is 5.69 Å². The molecule has 1 aliphatic rings. The fraction of sp³-hybridized carbons (Fsp3) is 0.278. The number of nitro benzene ring substituents is 1. The predicted octanol–water partition coefficient (Wildman–Crippen LogP) is 4.31. The van der Waals surface area contributed by atoms with Crippen LogP contribution in [0.4, 0.5) is 11.5 Å². The summed E-state index contributed by atoms with van der Waals surface area (Å²) < 4.78 is 0. The lowest BCUT2D eigenvalue weighted by atomic mass is 9.97. The summed E-state index contributed by atoms with van der Waals surface area (Å²) in [6.07, 6.45) is 6.15.